The van der Waals surface area contributed by atoms with Crippen LogP contribution < -0.4 is 10.0 Å². The average Bonchev–Trinajstić information content (AvgIpc) is 2.70. The lowest BCUT2D eigenvalue weighted by molar-refractivity contribution is -0.117. The van der Waals surface area contributed by atoms with Gasteiger partial charge in [-0.1, -0.05) is 59.6 Å². The summed E-state index contributed by atoms with van der Waals surface area (Å²) in [6.45, 7) is 0. The summed E-state index contributed by atoms with van der Waals surface area (Å²) >= 11 is 11.9. The summed E-state index contributed by atoms with van der Waals surface area (Å²) in [5.41, 5.74) is 0.940. The van der Waals surface area contributed by atoms with Crippen LogP contribution in [-0.4, -0.2) is 20.4 Å². The lowest BCUT2D eigenvalue weighted by Gasteiger charge is -2.19. The van der Waals surface area contributed by atoms with Gasteiger partial charge in [0.25, 0.3) is 0 Å². The molecule has 0 saturated heterocycles. The zero-order chi connectivity index (χ0) is 21.7. The average molecular weight is 467 g/mol. The Kier molecular flexibility index (Phi) is 7.10. The van der Waals surface area contributed by atoms with Crippen molar-refractivity contribution in [3.8, 4) is 0 Å². The van der Waals surface area contributed by atoms with E-state index in [1.54, 1.807) is 30.3 Å². The van der Waals surface area contributed by atoms with Gasteiger partial charge in [0.2, 0.25) is 15.9 Å². The summed E-state index contributed by atoms with van der Waals surface area (Å²) in [4.78, 5) is 12.6. The van der Waals surface area contributed by atoms with E-state index >= 15 is 0 Å². The quantitative estimate of drug-likeness (QED) is 0.531. The maximum atomic E-state index is 13.5. The van der Waals surface area contributed by atoms with Crippen molar-refractivity contribution in [1.82, 2.24) is 4.72 Å². The molecule has 0 saturated carbocycles. The fourth-order valence-electron chi connectivity index (χ4n) is 2.77. The number of halogens is 3. The van der Waals surface area contributed by atoms with E-state index in [4.69, 9.17) is 23.2 Å². The maximum absolute atomic E-state index is 13.5. The van der Waals surface area contributed by atoms with Gasteiger partial charge in [-0.2, -0.15) is 4.72 Å². The van der Waals surface area contributed by atoms with Crippen molar-refractivity contribution < 1.29 is 17.6 Å². The second-order valence-corrected chi connectivity index (χ2v) is 8.96. The fraction of sp³-hybridized carbons (Fsp3) is 0.0952. The molecule has 0 aliphatic rings. The van der Waals surface area contributed by atoms with Crippen LogP contribution in [0.4, 0.5) is 10.1 Å². The third-order valence-electron chi connectivity index (χ3n) is 4.17. The molecule has 9 heteroatoms. The first-order valence-electron chi connectivity index (χ1n) is 8.82. The number of anilines is 1. The second-order valence-electron chi connectivity index (χ2n) is 6.44. The lowest BCUT2D eigenvalue weighted by Crippen LogP contribution is -2.45. The van der Waals surface area contributed by atoms with Gasteiger partial charge in [0, 0.05) is 10.7 Å². The van der Waals surface area contributed by atoms with E-state index in [1.807, 2.05) is 0 Å². The molecule has 3 aromatic carbocycles. The standard InChI is InChI=1S/C21H17Cl2FN2O3S/c22-15-9-10-18(23)20(12-15)30(28,29)26-19(11-14-5-2-1-3-6-14)21(27)25-17-8-4-7-16(24)13-17/h1-10,12-13,19,26H,11H2,(H,25,27)/t19-/m1/s1. The number of hydrogen-bond acceptors (Lipinski definition) is 3. The van der Waals surface area contributed by atoms with Crippen LogP contribution in [0.3, 0.4) is 0 Å². The van der Waals surface area contributed by atoms with Crippen LogP contribution in [0.1, 0.15) is 5.56 Å². The molecule has 0 aliphatic carbocycles. The maximum Gasteiger partial charge on any atom is 0.242 e. The van der Waals surface area contributed by atoms with Gasteiger partial charge in [-0.25, -0.2) is 12.8 Å². The number of hydrogen-bond donors (Lipinski definition) is 2. The normalized spacial score (nSPS) is 12.4. The van der Waals surface area contributed by atoms with E-state index in [2.05, 4.69) is 10.0 Å². The Balaban J connectivity index is 1.90. The van der Waals surface area contributed by atoms with E-state index in [0.29, 0.717) is 0 Å². The first kappa shape index (κ1) is 22.2. The Labute approximate surface area is 183 Å². The summed E-state index contributed by atoms with van der Waals surface area (Å²) in [6, 6.07) is 17.0. The van der Waals surface area contributed by atoms with E-state index in [1.165, 1.54) is 36.4 Å². The molecule has 2 N–H and O–H groups in total. The Hall–Kier alpha value is -2.45. The molecule has 1 amide bonds. The molecular formula is C21H17Cl2FN2O3S. The zero-order valence-corrected chi connectivity index (χ0v) is 17.8. The second kappa shape index (κ2) is 9.57. The molecule has 0 heterocycles. The molecule has 0 fully saturated rings. The monoisotopic (exact) mass is 466 g/mol. The largest absolute Gasteiger partial charge is 0.325 e. The predicted octanol–water partition coefficient (Wildman–Crippen LogP) is 4.66. The number of sulfonamides is 1. The van der Waals surface area contributed by atoms with Gasteiger partial charge in [0.05, 0.1) is 5.02 Å². The number of carbonyl (C=O) groups excluding carboxylic acids is 1. The molecule has 0 radical (unpaired) electrons. The molecule has 0 bridgehead atoms. The molecule has 1 atom stereocenters. The van der Waals surface area contributed by atoms with Crippen LogP contribution in [0.25, 0.3) is 0 Å². The first-order chi connectivity index (χ1) is 14.2. The van der Waals surface area contributed by atoms with Gasteiger partial charge in [0.15, 0.2) is 0 Å². The number of rotatable bonds is 7. The highest BCUT2D eigenvalue weighted by molar-refractivity contribution is 7.89. The van der Waals surface area contributed by atoms with Crippen LogP contribution in [0, 0.1) is 5.82 Å². The van der Waals surface area contributed by atoms with E-state index in [9.17, 15) is 17.6 Å². The summed E-state index contributed by atoms with van der Waals surface area (Å²) in [5, 5.41) is 2.69. The predicted molar refractivity (Wildman–Crippen MR) is 116 cm³/mol. The smallest absolute Gasteiger partial charge is 0.242 e. The van der Waals surface area contributed by atoms with Crippen molar-refractivity contribution in [3.05, 3.63) is 94.2 Å². The van der Waals surface area contributed by atoms with Gasteiger partial charge < -0.3 is 5.32 Å². The van der Waals surface area contributed by atoms with Crippen LogP contribution in [-0.2, 0) is 21.2 Å². The number of amides is 1. The fourth-order valence-corrected chi connectivity index (χ4v) is 4.73. The summed E-state index contributed by atoms with van der Waals surface area (Å²) in [5.74, 6) is -1.18. The molecule has 156 valence electrons. The third kappa shape index (κ3) is 5.79. The summed E-state index contributed by atoms with van der Waals surface area (Å²) in [6.07, 6.45) is 0.0689. The minimum absolute atomic E-state index is 0.0316. The highest BCUT2D eigenvalue weighted by Gasteiger charge is 2.28. The van der Waals surface area contributed by atoms with Gasteiger partial charge in [-0.05, 0) is 48.4 Å². The van der Waals surface area contributed by atoms with Crippen LogP contribution >= 0.6 is 23.2 Å². The number of benzene rings is 3. The van der Waals surface area contributed by atoms with Crippen LogP contribution in [0.2, 0.25) is 10.0 Å². The Bertz CT molecular complexity index is 1160. The summed E-state index contributed by atoms with van der Waals surface area (Å²) < 4.78 is 41.7. The Morgan fingerprint density at radius 1 is 0.967 bits per heavy atom. The molecule has 0 spiro atoms. The molecule has 5 nitrogen and oxygen atoms in total. The molecule has 30 heavy (non-hydrogen) atoms. The Morgan fingerprint density at radius 2 is 1.70 bits per heavy atom. The van der Waals surface area contributed by atoms with Crippen molar-refractivity contribution in [2.75, 3.05) is 5.32 Å². The Morgan fingerprint density at radius 3 is 2.40 bits per heavy atom. The minimum atomic E-state index is -4.18. The van der Waals surface area contributed by atoms with E-state index in [-0.39, 0.29) is 27.0 Å². The van der Waals surface area contributed by atoms with Gasteiger partial charge in [0.1, 0.15) is 16.8 Å². The topological polar surface area (TPSA) is 75.3 Å². The zero-order valence-electron chi connectivity index (χ0n) is 15.5. The summed E-state index contributed by atoms with van der Waals surface area (Å²) in [7, 11) is -4.18. The number of carbonyl (C=O) groups is 1. The van der Waals surface area contributed by atoms with Crippen molar-refractivity contribution in [2.45, 2.75) is 17.4 Å². The highest BCUT2D eigenvalue weighted by Crippen LogP contribution is 2.25. The third-order valence-corrected chi connectivity index (χ3v) is 6.36. The first-order valence-corrected chi connectivity index (χ1v) is 11.1. The highest BCUT2D eigenvalue weighted by atomic mass is 35.5. The van der Waals surface area contributed by atoms with Crippen LogP contribution in [0.5, 0.6) is 0 Å². The van der Waals surface area contributed by atoms with Crippen molar-refractivity contribution in [2.24, 2.45) is 0 Å². The van der Waals surface area contributed by atoms with Crippen molar-refractivity contribution >= 4 is 44.8 Å². The molecule has 0 aliphatic heterocycles. The molecule has 3 aromatic rings. The van der Waals surface area contributed by atoms with Crippen molar-refractivity contribution in [3.63, 3.8) is 0 Å². The van der Waals surface area contributed by atoms with Crippen LogP contribution in [0.15, 0.2) is 77.7 Å². The molecule has 0 unspecified atom stereocenters. The van der Waals surface area contributed by atoms with Gasteiger partial charge >= 0.3 is 0 Å². The molecular weight excluding hydrogens is 450 g/mol. The van der Waals surface area contributed by atoms with E-state index < -0.39 is 27.8 Å². The van der Waals surface area contributed by atoms with Crippen molar-refractivity contribution in [1.29, 1.82) is 0 Å². The van der Waals surface area contributed by atoms with E-state index in [0.717, 1.165) is 11.6 Å². The molecule has 0 aromatic heterocycles. The van der Waals surface area contributed by atoms with Gasteiger partial charge in [-0.15, -0.1) is 0 Å². The lowest BCUT2D eigenvalue weighted by atomic mass is 10.1. The molecule has 3 rings (SSSR count). The minimum Gasteiger partial charge on any atom is -0.325 e. The number of nitrogens with one attached hydrogen (secondary N) is 2. The SMILES string of the molecule is O=C(Nc1cccc(F)c1)[C@@H](Cc1ccccc1)NS(=O)(=O)c1cc(Cl)ccc1Cl. The van der Waals surface area contributed by atoms with Gasteiger partial charge in [-0.3, -0.25) is 4.79 Å².